The van der Waals surface area contributed by atoms with Gasteiger partial charge in [0.05, 0.1) is 9.40 Å². The normalized spacial score (nSPS) is 10.1. The largest absolute Gasteiger partial charge is 0.391 e. The molecule has 0 fully saturated rings. The molecule has 4 nitrogen and oxygen atoms in total. The molecule has 0 heterocycles. The monoisotopic (exact) mass is 252 g/mol. The Morgan fingerprint density at radius 1 is 1.54 bits per heavy atom. The Morgan fingerprint density at radius 2 is 2.08 bits per heavy atom. The van der Waals surface area contributed by atoms with Crippen molar-refractivity contribution >= 4 is 27.3 Å². The van der Waals surface area contributed by atoms with E-state index in [0.717, 1.165) is 0 Å². The van der Waals surface area contributed by atoms with Crippen LogP contribution in [-0.2, 0) is 0 Å². The molecule has 0 radical (unpaired) electrons. The summed E-state index contributed by atoms with van der Waals surface area (Å²) in [4.78, 5) is 9.14. The number of nitro groups is 1. The summed E-state index contributed by atoms with van der Waals surface area (Å²) in [6, 6.07) is 0.657. The highest BCUT2D eigenvalue weighted by Gasteiger charge is 2.24. The minimum absolute atomic E-state index is 0.242. The molecule has 0 bridgehead atoms. The molecule has 13 heavy (non-hydrogen) atoms. The number of nitro benzene ring substituents is 1. The van der Waals surface area contributed by atoms with Crippen LogP contribution in [0.3, 0.4) is 0 Å². The van der Waals surface area contributed by atoms with E-state index in [1.165, 1.54) is 0 Å². The van der Waals surface area contributed by atoms with E-state index in [0.29, 0.717) is 6.07 Å². The van der Waals surface area contributed by atoms with Gasteiger partial charge in [-0.15, -0.1) is 0 Å². The van der Waals surface area contributed by atoms with Crippen LogP contribution in [0.4, 0.5) is 20.2 Å². The number of benzene rings is 1. The van der Waals surface area contributed by atoms with E-state index >= 15 is 0 Å². The first-order valence-corrected chi connectivity index (χ1v) is 3.81. The number of hydrogen-bond acceptors (Lipinski definition) is 3. The van der Waals surface area contributed by atoms with Gasteiger partial charge in [0.1, 0.15) is 0 Å². The van der Waals surface area contributed by atoms with Crippen LogP contribution in [0.1, 0.15) is 0 Å². The fraction of sp³-hybridized carbons (Fsp3) is 0. The second kappa shape index (κ2) is 3.25. The van der Waals surface area contributed by atoms with Crippen LogP contribution in [0.15, 0.2) is 10.5 Å². The zero-order chi connectivity index (χ0) is 10.2. The van der Waals surface area contributed by atoms with Gasteiger partial charge in [0.25, 0.3) is 0 Å². The molecule has 0 unspecified atom stereocenters. The molecule has 0 aromatic heterocycles. The molecular weight excluding hydrogens is 250 g/mol. The lowest BCUT2D eigenvalue weighted by atomic mass is 10.2. The number of rotatable bonds is 1. The fourth-order valence-electron chi connectivity index (χ4n) is 0.790. The number of nitrogen functional groups attached to an aromatic ring is 1. The molecule has 0 aliphatic heterocycles. The fourth-order valence-corrected chi connectivity index (χ4v) is 1.20. The van der Waals surface area contributed by atoms with E-state index in [-0.39, 0.29) is 4.47 Å². The molecule has 1 aromatic rings. The van der Waals surface area contributed by atoms with Crippen molar-refractivity contribution in [1.82, 2.24) is 0 Å². The number of halogens is 3. The molecule has 0 aliphatic rings. The van der Waals surface area contributed by atoms with Gasteiger partial charge in [0, 0.05) is 0 Å². The first kappa shape index (κ1) is 9.85. The lowest BCUT2D eigenvalue weighted by molar-refractivity contribution is -0.386. The Bertz CT molecular complexity index is 383. The van der Waals surface area contributed by atoms with Crippen molar-refractivity contribution < 1.29 is 13.7 Å². The summed E-state index contributed by atoms with van der Waals surface area (Å²) in [5.74, 6) is -2.20. The average Bonchev–Trinajstić information content (AvgIpc) is 1.99. The Balaban J connectivity index is 3.53. The minimum atomic E-state index is -1.17. The van der Waals surface area contributed by atoms with Crippen LogP contribution in [0.25, 0.3) is 0 Å². The van der Waals surface area contributed by atoms with Gasteiger partial charge in [-0.05, 0) is 22.0 Å². The summed E-state index contributed by atoms with van der Waals surface area (Å²) in [6.45, 7) is 0. The zero-order valence-corrected chi connectivity index (χ0v) is 7.64. The van der Waals surface area contributed by atoms with Crippen LogP contribution in [0.5, 0.6) is 0 Å². The zero-order valence-electron chi connectivity index (χ0n) is 6.05. The minimum Gasteiger partial charge on any atom is -0.391 e. The third kappa shape index (κ3) is 1.59. The predicted octanol–water partition coefficient (Wildman–Crippen LogP) is 2.22. The molecular formula is C6H3BrF2N2O2. The van der Waals surface area contributed by atoms with Gasteiger partial charge in [0.2, 0.25) is 5.82 Å². The van der Waals surface area contributed by atoms with Crippen molar-refractivity contribution in [2.45, 2.75) is 0 Å². The molecule has 0 atom stereocenters. The smallest absolute Gasteiger partial charge is 0.330 e. The van der Waals surface area contributed by atoms with Crippen LogP contribution in [0.2, 0.25) is 0 Å². The molecule has 0 saturated carbocycles. The maximum absolute atomic E-state index is 12.9. The Kier molecular flexibility index (Phi) is 2.46. The Labute approximate surface area is 79.6 Å². The third-order valence-corrected chi connectivity index (χ3v) is 1.94. The van der Waals surface area contributed by atoms with E-state index in [4.69, 9.17) is 5.73 Å². The van der Waals surface area contributed by atoms with Crippen molar-refractivity contribution in [3.05, 3.63) is 32.3 Å². The van der Waals surface area contributed by atoms with Gasteiger partial charge in [0.15, 0.2) is 11.5 Å². The van der Waals surface area contributed by atoms with Gasteiger partial charge in [-0.1, -0.05) is 0 Å². The van der Waals surface area contributed by atoms with Crippen molar-refractivity contribution in [3.8, 4) is 0 Å². The molecule has 0 amide bonds. The summed E-state index contributed by atoms with van der Waals surface area (Å²) in [5, 5.41) is 10.2. The van der Waals surface area contributed by atoms with E-state index in [9.17, 15) is 18.9 Å². The Hall–Kier alpha value is -1.24. The molecule has 0 spiro atoms. The number of nitrogens with two attached hydrogens (primary N) is 1. The van der Waals surface area contributed by atoms with E-state index < -0.39 is 27.9 Å². The van der Waals surface area contributed by atoms with E-state index in [1.807, 2.05) is 0 Å². The predicted molar refractivity (Wildman–Crippen MR) is 45.1 cm³/mol. The van der Waals surface area contributed by atoms with Crippen molar-refractivity contribution in [2.75, 3.05) is 5.73 Å². The molecule has 1 aromatic carbocycles. The third-order valence-electron chi connectivity index (χ3n) is 1.36. The first-order chi connectivity index (χ1) is 5.95. The van der Waals surface area contributed by atoms with Crippen LogP contribution < -0.4 is 5.73 Å². The molecule has 70 valence electrons. The second-order valence-electron chi connectivity index (χ2n) is 2.17. The van der Waals surface area contributed by atoms with Crippen molar-refractivity contribution in [3.63, 3.8) is 0 Å². The highest BCUT2D eigenvalue weighted by atomic mass is 79.9. The van der Waals surface area contributed by atoms with Gasteiger partial charge < -0.3 is 5.73 Å². The summed E-state index contributed by atoms with van der Waals surface area (Å²) < 4.78 is 25.5. The highest BCUT2D eigenvalue weighted by molar-refractivity contribution is 9.10. The van der Waals surface area contributed by atoms with Crippen LogP contribution >= 0.6 is 15.9 Å². The van der Waals surface area contributed by atoms with Gasteiger partial charge in [-0.3, -0.25) is 10.1 Å². The SMILES string of the molecule is Nc1c(F)c(Br)cc(F)c1[N+](=O)[O-]. The van der Waals surface area contributed by atoms with Gasteiger partial charge in [-0.2, -0.15) is 4.39 Å². The Morgan fingerprint density at radius 3 is 2.54 bits per heavy atom. The highest BCUT2D eigenvalue weighted by Crippen LogP contribution is 2.32. The number of anilines is 1. The molecule has 0 saturated heterocycles. The molecule has 2 N–H and O–H groups in total. The maximum Gasteiger partial charge on any atom is 0.330 e. The van der Waals surface area contributed by atoms with Gasteiger partial charge >= 0.3 is 5.69 Å². The number of hydrogen-bond donors (Lipinski definition) is 1. The van der Waals surface area contributed by atoms with Crippen molar-refractivity contribution in [1.29, 1.82) is 0 Å². The summed E-state index contributed by atoms with van der Waals surface area (Å²) in [5.41, 5.74) is 3.15. The standard InChI is InChI=1S/C6H3BrF2N2O2/c7-2-1-3(8)6(11(12)13)5(10)4(2)9/h1H,10H2. The average molecular weight is 253 g/mol. The maximum atomic E-state index is 12.9. The first-order valence-electron chi connectivity index (χ1n) is 3.02. The van der Waals surface area contributed by atoms with Crippen molar-refractivity contribution in [2.24, 2.45) is 0 Å². The van der Waals surface area contributed by atoms with E-state index in [1.54, 1.807) is 0 Å². The summed E-state index contributed by atoms with van der Waals surface area (Å²) >= 11 is 2.66. The topological polar surface area (TPSA) is 69.2 Å². The lowest BCUT2D eigenvalue weighted by Crippen LogP contribution is -2.02. The molecule has 0 aliphatic carbocycles. The lowest BCUT2D eigenvalue weighted by Gasteiger charge is -2.01. The quantitative estimate of drug-likeness (QED) is 0.361. The van der Waals surface area contributed by atoms with Gasteiger partial charge in [-0.25, -0.2) is 4.39 Å². The molecule has 7 heteroatoms. The van der Waals surface area contributed by atoms with E-state index in [2.05, 4.69) is 15.9 Å². The summed E-state index contributed by atoms with van der Waals surface area (Å²) in [6.07, 6.45) is 0. The molecule has 1 rings (SSSR count). The summed E-state index contributed by atoms with van der Waals surface area (Å²) in [7, 11) is 0. The second-order valence-corrected chi connectivity index (χ2v) is 3.03. The van der Waals surface area contributed by atoms with Crippen LogP contribution in [-0.4, -0.2) is 4.92 Å². The number of nitrogens with zero attached hydrogens (tertiary/aromatic N) is 1. The van der Waals surface area contributed by atoms with Crippen LogP contribution in [0, 0.1) is 21.7 Å².